The fraction of sp³-hybridized carbons (Fsp3) is 0.385. The first kappa shape index (κ1) is 12.1. The van der Waals surface area contributed by atoms with Gasteiger partial charge in [0, 0.05) is 24.3 Å². The second-order valence-corrected chi connectivity index (χ2v) is 4.62. The molecule has 2 aromatic rings. The van der Waals surface area contributed by atoms with Gasteiger partial charge in [-0.2, -0.15) is 5.10 Å². The topological polar surface area (TPSA) is 80.1 Å². The van der Waals surface area contributed by atoms with Crippen LogP contribution in [-0.2, 0) is 11.3 Å². The normalized spacial score (nSPS) is 16.6. The monoisotopic (exact) mass is 259 g/mol. The minimum absolute atomic E-state index is 0.711. The van der Waals surface area contributed by atoms with E-state index in [1.807, 2.05) is 24.3 Å². The molecule has 0 unspecified atom stereocenters. The van der Waals surface area contributed by atoms with Gasteiger partial charge < -0.3 is 10.5 Å². The molecule has 0 radical (unpaired) electrons. The van der Waals surface area contributed by atoms with Crippen molar-refractivity contribution in [1.82, 2.24) is 20.1 Å². The van der Waals surface area contributed by atoms with Crippen LogP contribution in [0.4, 0.5) is 5.69 Å². The Bertz CT molecular complexity index is 530. The predicted molar refractivity (Wildman–Crippen MR) is 72.3 cm³/mol. The highest BCUT2D eigenvalue weighted by atomic mass is 16.5. The van der Waals surface area contributed by atoms with Crippen LogP contribution in [0.15, 0.2) is 24.3 Å². The third kappa shape index (κ3) is 2.91. The number of anilines is 1. The van der Waals surface area contributed by atoms with Gasteiger partial charge in [-0.3, -0.25) is 10.00 Å². The van der Waals surface area contributed by atoms with Crippen molar-refractivity contribution in [3.05, 3.63) is 30.1 Å². The molecule has 0 bridgehead atoms. The molecule has 1 aliphatic rings. The number of ether oxygens (including phenoxy) is 1. The zero-order chi connectivity index (χ0) is 13.1. The Labute approximate surface area is 111 Å². The van der Waals surface area contributed by atoms with Gasteiger partial charge in [0.15, 0.2) is 5.82 Å². The minimum atomic E-state index is 0.711. The Kier molecular flexibility index (Phi) is 3.43. The lowest BCUT2D eigenvalue weighted by atomic mass is 10.2. The van der Waals surface area contributed by atoms with Gasteiger partial charge in [0.2, 0.25) is 0 Å². The molecule has 0 amide bonds. The van der Waals surface area contributed by atoms with Crippen molar-refractivity contribution in [3.8, 4) is 11.4 Å². The van der Waals surface area contributed by atoms with E-state index in [4.69, 9.17) is 10.5 Å². The first-order valence-electron chi connectivity index (χ1n) is 6.38. The Hall–Kier alpha value is -1.92. The van der Waals surface area contributed by atoms with Crippen molar-refractivity contribution in [1.29, 1.82) is 0 Å². The second kappa shape index (κ2) is 5.38. The number of nitrogen functional groups attached to an aromatic ring is 1. The Balaban J connectivity index is 1.70. The van der Waals surface area contributed by atoms with Crippen LogP contribution in [0.25, 0.3) is 11.4 Å². The number of aromatic nitrogens is 3. The van der Waals surface area contributed by atoms with Crippen LogP contribution in [0.3, 0.4) is 0 Å². The van der Waals surface area contributed by atoms with Gasteiger partial charge in [-0.15, -0.1) is 0 Å². The van der Waals surface area contributed by atoms with Crippen molar-refractivity contribution in [3.63, 3.8) is 0 Å². The molecule has 100 valence electrons. The summed E-state index contributed by atoms with van der Waals surface area (Å²) >= 11 is 0. The molecule has 19 heavy (non-hydrogen) atoms. The standard InChI is InChI=1S/C13H17N5O/c14-11-3-1-10(2-4-11)13-15-12(16-17-13)9-18-5-7-19-8-6-18/h1-4H,5-9,14H2,(H,15,16,17). The number of morpholine rings is 1. The summed E-state index contributed by atoms with van der Waals surface area (Å²) in [5.41, 5.74) is 7.38. The molecule has 0 saturated carbocycles. The number of benzene rings is 1. The van der Waals surface area contributed by atoms with Crippen LogP contribution in [-0.4, -0.2) is 46.4 Å². The summed E-state index contributed by atoms with van der Waals surface area (Å²) < 4.78 is 5.32. The van der Waals surface area contributed by atoms with E-state index in [0.717, 1.165) is 49.9 Å². The molecule has 3 N–H and O–H groups in total. The maximum atomic E-state index is 5.67. The number of nitrogens with zero attached hydrogens (tertiary/aromatic N) is 3. The molecule has 1 aromatic carbocycles. The number of nitrogens with two attached hydrogens (primary N) is 1. The predicted octanol–water partition coefficient (Wildman–Crippen LogP) is 0.886. The van der Waals surface area contributed by atoms with Crippen molar-refractivity contribution >= 4 is 5.69 Å². The zero-order valence-corrected chi connectivity index (χ0v) is 10.7. The highest BCUT2D eigenvalue weighted by molar-refractivity contribution is 5.58. The van der Waals surface area contributed by atoms with E-state index < -0.39 is 0 Å². The maximum absolute atomic E-state index is 5.67. The Morgan fingerprint density at radius 2 is 1.95 bits per heavy atom. The van der Waals surface area contributed by atoms with Gasteiger partial charge in [-0.25, -0.2) is 4.98 Å². The highest BCUT2D eigenvalue weighted by Crippen LogP contribution is 2.16. The largest absolute Gasteiger partial charge is 0.399 e. The van der Waals surface area contributed by atoms with E-state index in [9.17, 15) is 0 Å². The van der Waals surface area contributed by atoms with Crippen LogP contribution < -0.4 is 5.73 Å². The van der Waals surface area contributed by atoms with E-state index in [1.165, 1.54) is 0 Å². The zero-order valence-electron chi connectivity index (χ0n) is 10.7. The average Bonchev–Trinajstić information content (AvgIpc) is 2.89. The van der Waals surface area contributed by atoms with Gasteiger partial charge in [0.05, 0.1) is 19.8 Å². The van der Waals surface area contributed by atoms with Gasteiger partial charge in [-0.05, 0) is 24.3 Å². The number of rotatable bonds is 3. The van der Waals surface area contributed by atoms with Crippen LogP contribution in [0, 0.1) is 0 Å². The van der Waals surface area contributed by atoms with Gasteiger partial charge >= 0.3 is 0 Å². The highest BCUT2D eigenvalue weighted by Gasteiger charge is 2.13. The first-order valence-corrected chi connectivity index (χ1v) is 6.38. The number of H-pyrrole nitrogens is 1. The summed E-state index contributed by atoms with van der Waals surface area (Å²) in [7, 11) is 0. The third-order valence-electron chi connectivity index (χ3n) is 3.18. The molecular formula is C13H17N5O. The molecule has 0 spiro atoms. The smallest absolute Gasteiger partial charge is 0.181 e. The molecule has 1 fully saturated rings. The van der Waals surface area contributed by atoms with E-state index in [0.29, 0.717) is 5.82 Å². The summed E-state index contributed by atoms with van der Waals surface area (Å²) in [4.78, 5) is 6.82. The van der Waals surface area contributed by atoms with E-state index in [1.54, 1.807) is 0 Å². The molecule has 0 aliphatic carbocycles. The lowest BCUT2D eigenvalue weighted by molar-refractivity contribution is 0.0331. The van der Waals surface area contributed by atoms with Crippen molar-refractivity contribution < 1.29 is 4.74 Å². The van der Waals surface area contributed by atoms with Crippen molar-refractivity contribution in [2.75, 3.05) is 32.0 Å². The van der Waals surface area contributed by atoms with Crippen LogP contribution in [0.5, 0.6) is 0 Å². The number of hydrogen-bond acceptors (Lipinski definition) is 5. The number of aromatic amines is 1. The summed E-state index contributed by atoms with van der Waals surface area (Å²) in [6, 6.07) is 7.56. The molecule has 1 saturated heterocycles. The van der Waals surface area contributed by atoms with Gasteiger partial charge in [0.1, 0.15) is 5.82 Å². The lowest BCUT2D eigenvalue weighted by Gasteiger charge is -2.25. The van der Waals surface area contributed by atoms with Crippen LogP contribution >= 0.6 is 0 Å². The molecular weight excluding hydrogens is 242 g/mol. The third-order valence-corrected chi connectivity index (χ3v) is 3.18. The molecule has 1 aromatic heterocycles. The Morgan fingerprint density at radius 1 is 1.21 bits per heavy atom. The summed E-state index contributed by atoms with van der Waals surface area (Å²) in [5.74, 6) is 1.59. The molecule has 6 heteroatoms. The van der Waals surface area contributed by atoms with Crippen LogP contribution in [0.2, 0.25) is 0 Å². The summed E-state index contributed by atoms with van der Waals surface area (Å²) in [6.07, 6.45) is 0. The minimum Gasteiger partial charge on any atom is -0.399 e. The summed E-state index contributed by atoms with van der Waals surface area (Å²) in [5, 5.41) is 7.24. The molecule has 3 rings (SSSR count). The van der Waals surface area contributed by atoms with E-state index in [-0.39, 0.29) is 0 Å². The van der Waals surface area contributed by atoms with Crippen molar-refractivity contribution in [2.24, 2.45) is 0 Å². The SMILES string of the molecule is Nc1ccc(-c2n[nH]c(CN3CCOCC3)n2)cc1. The quantitative estimate of drug-likeness (QED) is 0.800. The van der Waals surface area contributed by atoms with Gasteiger partial charge in [-0.1, -0.05) is 0 Å². The molecule has 6 nitrogen and oxygen atoms in total. The second-order valence-electron chi connectivity index (χ2n) is 4.62. The van der Waals surface area contributed by atoms with Crippen molar-refractivity contribution in [2.45, 2.75) is 6.54 Å². The number of nitrogens with one attached hydrogen (secondary N) is 1. The molecule has 1 aliphatic heterocycles. The molecule has 0 atom stereocenters. The van der Waals surface area contributed by atoms with E-state index >= 15 is 0 Å². The van der Waals surface area contributed by atoms with E-state index in [2.05, 4.69) is 20.1 Å². The maximum Gasteiger partial charge on any atom is 0.181 e. The van der Waals surface area contributed by atoms with Crippen LogP contribution in [0.1, 0.15) is 5.82 Å². The van der Waals surface area contributed by atoms with Gasteiger partial charge in [0.25, 0.3) is 0 Å². The Morgan fingerprint density at radius 3 is 2.68 bits per heavy atom. The fourth-order valence-corrected chi connectivity index (χ4v) is 2.10. The average molecular weight is 259 g/mol. The number of hydrogen-bond donors (Lipinski definition) is 2. The lowest BCUT2D eigenvalue weighted by Crippen LogP contribution is -2.35. The summed E-state index contributed by atoms with van der Waals surface area (Å²) in [6.45, 7) is 4.25. The fourth-order valence-electron chi connectivity index (χ4n) is 2.10. The molecule has 2 heterocycles. The first-order chi connectivity index (χ1) is 9.31.